The average molecular weight is 361 g/mol. The maximum Gasteiger partial charge on any atom is 0.253 e. The van der Waals surface area contributed by atoms with Crippen LogP contribution in [-0.2, 0) is 0 Å². The predicted molar refractivity (Wildman–Crippen MR) is 101 cm³/mol. The second-order valence-electron chi connectivity index (χ2n) is 5.61. The summed E-state index contributed by atoms with van der Waals surface area (Å²) in [4.78, 5) is 29.0. The van der Waals surface area contributed by atoms with Crippen LogP contribution < -0.4 is 0 Å². The van der Waals surface area contributed by atoms with Crippen molar-refractivity contribution in [1.82, 2.24) is 9.80 Å². The number of rotatable bonds is 5. The highest BCUT2D eigenvalue weighted by molar-refractivity contribution is 8.76. The van der Waals surface area contributed by atoms with Crippen LogP contribution in [0.3, 0.4) is 0 Å². The summed E-state index contributed by atoms with van der Waals surface area (Å²) in [5.74, 6) is 0.000650. The lowest BCUT2D eigenvalue weighted by atomic mass is 10.2. The third-order valence-electron chi connectivity index (χ3n) is 3.25. The lowest BCUT2D eigenvalue weighted by Crippen LogP contribution is -2.21. The van der Waals surface area contributed by atoms with Gasteiger partial charge in [0.25, 0.3) is 11.8 Å². The number of amides is 2. The molecule has 0 fully saturated rings. The molecule has 0 atom stereocenters. The summed E-state index contributed by atoms with van der Waals surface area (Å²) < 4.78 is 0. The zero-order valence-electron chi connectivity index (χ0n) is 14.1. The Labute approximate surface area is 150 Å². The predicted octanol–water partition coefficient (Wildman–Crippen LogP) is 3.89. The van der Waals surface area contributed by atoms with Gasteiger partial charge in [0.1, 0.15) is 0 Å². The highest BCUT2D eigenvalue weighted by Gasteiger charge is 2.09. The minimum absolute atomic E-state index is 0.000325. The maximum absolute atomic E-state index is 11.9. The topological polar surface area (TPSA) is 40.6 Å². The normalized spacial score (nSPS) is 10.3. The summed E-state index contributed by atoms with van der Waals surface area (Å²) in [5.41, 5.74) is 1.36. The van der Waals surface area contributed by atoms with Crippen molar-refractivity contribution in [2.45, 2.75) is 9.79 Å². The first-order valence-electron chi connectivity index (χ1n) is 7.36. The van der Waals surface area contributed by atoms with Gasteiger partial charge in [0, 0.05) is 49.1 Å². The molecule has 0 saturated heterocycles. The van der Waals surface area contributed by atoms with Crippen molar-refractivity contribution in [2.75, 3.05) is 28.2 Å². The minimum Gasteiger partial charge on any atom is -0.345 e. The zero-order valence-corrected chi connectivity index (χ0v) is 15.8. The van der Waals surface area contributed by atoms with Crippen molar-refractivity contribution < 1.29 is 9.59 Å². The van der Waals surface area contributed by atoms with E-state index in [2.05, 4.69) is 0 Å². The molecule has 0 aliphatic rings. The van der Waals surface area contributed by atoms with Crippen LogP contribution in [0.15, 0.2) is 58.3 Å². The van der Waals surface area contributed by atoms with Gasteiger partial charge in [0.2, 0.25) is 0 Å². The van der Waals surface area contributed by atoms with Gasteiger partial charge in [-0.3, -0.25) is 9.59 Å². The number of carbonyl (C=O) groups excluding carboxylic acids is 2. The molecule has 0 aliphatic heterocycles. The Morgan fingerprint density at radius 3 is 1.17 bits per heavy atom. The third-order valence-corrected chi connectivity index (χ3v) is 5.67. The molecule has 0 radical (unpaired) electrons. The standard InChI is InChI=1S/C18H20N2O2S2/c1-19(2)17(21)13-5-9-15(10-6-13)23-24-16-11-7-14(8-12-16)18(22)20(3)4/h5-12H,1-4H3. The molecule has 0 unspecified atom stereocenters. The monoisotopic (exact) mass is 360 g/mol. The Kier molecular flexibility index (Phi) is 6.34. The number of nitrogens with zero attached hydrogens (tertiary/aromatic N) is 2. The molecule has 0 bridgehead atoms. The van der Waals surface area contributed by atoms with Gasteiger partial charge < -0.3 is 9.80 Å². The molecule has 2 rings (SSSR count). The fraction of sp³-hybridized carbons (Fsp3) is 0.222. The van der Waals surface area contributed by atoms with Crippen LogP contribution in [-0.4, -0.2) is 49.8 Å². The minimum atomic E-state index is 0.000325. The Morgan fingerprint density at radius 1 is 0.625 bits per heavy atom. The Morgan fingerprint density at radius 2 is 0.917 bits per heavy atom. The van der Waals surface area contributed by atoms with Gasteiger partial charge in [0.05, 0.1) is 0 Å². The van der Waals surface area contributed by atoms with Gasteiger partial charge in [-0.05, 0) is 48.5 Å². The first-order valence-corrected chi connectivity index (χ1v) is 9.51. The van der Waals surface area contributed by atoms with Gasteiger partial charge in [-0.25, -0.2) is 0 Å². The summed E-state index contributed by atoms with van der Waals surface area (Å²) in [6, 6.07) is 15.1. The summed E-state index contributed by atoms with van der Waals surface area (Å²) in [5, 5.41) is 0. The maximum atomic E-state index is 11.9. The molecule has 0 spiro atoms. The molecule has 6 heteroatoms. The van der Waals surface area contributed by atoms with Crippen LogP contribution in [0.5, 0.6) is 0 Å². The van der Waals surface area contributed by atoms with Crippen LogP contribution >= 0.6 is 21.6 Å². The quantitative estimate of drug-likeness (QED) is 0.759. The van der Waals surface area contributed by atoms with Crippen LogP contribution in [0, 0.1) is 0 Å². The van der Waals surface area contributed by atoms with Gasteiger partial charge >= 0.3 is 0 Å². The van der Waals surface area contributed by atoms with Crippen LogP contribution in [0.2, 0.25) is 0 Å². The molecule has 126 valence electrons. The molecule has 0 heterocycles. The molecule has 4 nitrogen and oxygen atoms in total. The largest absolute Gasteiger partial charge is 0.345 e. The summed E-state index contributed by atoms with van der Waals surface area (Å²) in [6.07, 6.45) is 0. The molecule has 0 N–H and O–H groups in total. The molecule has 0 aromatic heterocycles. The number of benzene rings is 2. The van der Waals surface area contributed by atoms with Crippen LogP contribution in [0.4, 0.5) is 0 Å². The molecule has 24 heavy (non-hydrogen) atoms. The van der Waals surface area contributed by atoms with Crippen molar-refractivity contribution in [2.24, 2.45) is 0 Å². The summed E-state index contributed by atoms with van der Waals surface area (Å²) in [7, 11) is 10.2. The van der Waals surface area contributed by atoms with Crippen molar-refractivity contribution in [3.8, 4) is 0 Å². The molecular weight excluding hydrogens is 340 g/mol. The second-order valence-corrected chi connectivity index (χ2v) is 7.89. The molecule has 2 amide bonds. The summed E-state index contributed by atoms with van der Waals surface area (Å²) >= 11 is 0. The van der Waals surface area contributed by atoms with Crippen LogP contribution in [0.25, 0.3) is 0 Å². The zero-order chi connectivity index (χ0) is 17.7. The van der Waals surface area contributed by atoms with E-state index in [0.717, 1.165) is 9.79 Å². The highest BCUT2D eigenvalue weighted by atomic mass is 33.1. The third kappa shape index (κ3) is 4.79. The molecule has 0 aliphatic carbocycles. The lowest BCUT2D eigenvalue weighted by Gasteiger charge is -2.11. The first kappa shape index (κ1) is 18.4. The number of hydrogen-bond acceptors (Lipinski definition) is 4. The van der Waals surface area contributed by atoms with Gasteiger partial charge in [0.15, 0.2) is 0 Å². The van der Waals surface area contributed by atoms with E-state index in [4.69, 9.17) is 0 Å². The highest BCUT2D eigenvalue weighted by Crippen LogP contribution is 2.37. The van der Waals surface area contributed by atoms with Crippen molar-refractivity contribution in [3.05, 3.63) is 59.7 Å². The van der Waals surface area contributed by atoms with Crippen molar-refractivity contribution in [3.63, 3.8) is 0 Å². The second kappa shape index (κ2) is 8.26. The molecular formula is C18H20N2O2S2. The number of hydrogen-bond donors (Lipinski definition) is 0. The fourth-order valence-corrected chi connectivity index (χ4v) is 3.85. The Bertz CT molecular complexity index is 647. The number of carbonyl (C=O) groups is 2. The van der Waals surface area contributed by atoms with Crippen molar-refractivity contribution >= 4 is 33.4 Å². The lowest BCUT2D eigenvalue weighted by molar-refractivity contribution is 0.0820. The SMILES string of the molecule is CN(C)C(=O)c1ccc(SSc2ccc(C(=O)N(C)C)cc2)cc1. The first-order chi connectivity index (χ1) is 11.4. The molecule has 0 saturated carbocycles. The molecule has 2 aromatic carbocycles. The van der Waals surface area contributed by atoms with Gasteiger partial charge in [-0.2, -0.15) is 0 Å². The van der Waals surface area contributed by atoms with E-state index >= 15 is 0 Å². The molecule has 2 aromatic rings. The smallest absolute Gasteiger partial charge is 0.253 e. The summed E-state index contributed by atoms with van der Waals surface area (Å²) in [6.45, 7) is 0. The van der Waals surface area contributed by atoms with Gasteiger partial charge in [-0.15, -0.1) is 0 Å². The average Bonchev–Trinajstić information content (AvgIpc) is 2.59. The van der Waals surface area contributed by atoms with E-state index in [-0.39, 0.29) is 11.8 Å². The van der Waals surface area contributed by atoms with Gasteiger partial charge in [-0.1, -0.05) is 21.6 Å². The van der Waals surface area contributed by atoms with Crippen molar-refractivity contribution in [1.29, 1.82) is 0 Å². The van der Waals surface area contributed by atoms with E-state index in [1.807, 2.05) is 48.5 Å². The Hall–Kier alpha value is -1.92. The van der Waals surface area contributed by atoms with E-state index in [9.17, 15) is 9.59 Å². The van der Waals surface area contributed by atoms with E-state index in [1.54, 1.807) is 59.6 Å². The fourth-order valence-electron chi connectivity index (χ4n) is 1.92. The Balaban J connectivity index is 1.96. The van der Waals surface area contributed by atoms with E-state index in [1.165, 1.54) is 0 Å². The van der Waals surface area contributed by atoms with E-state index in [0.29, 0.717) is 11.1 Å². The van der Waals surface area contributed by atoms with E-state index < -0.39 is 0 Å². The van der Waals surface area contributed by atoms with Crippen LogP contribution in [0.1, 0.15) is 20.7 Å².